The van der Waals surface area contributed by atoms with E-state index in [-0.39, 0.29) is 11.5 Å². The molecular formula is C20H30BrN3O3. The number of aromatic nitrogens is 1. The highest BCUT2D eigenvalue weighted by Gasteiger charge is 2.34. The van der Waals surface area contributed by atoms with E-state index in [9.17, 15) is 9.90 Å². The molecule has 2 heterocycles. The van der Waals surface area contributed by atoms with Gasteiger partial charge in [-0.25, -0.2) is 4.79 Å². The van der Waals surface area contributed by atoms with E-state index in [1.165, 1.54) is 0 Å². The van der Waals surface area contributed by atoms with Crippen LogP contribution in [0.15, 0.2) is 9.47 Å². The highest BCUT2D eigenvalue weighted by atomic mass is 79.9. The van der Waals surface area contributed by atoms with Gasteiger partial charge in [-0.15, -0.1) is 0 Å². The normalized spacial score (nSPS) is 18.2. The maximum atomic E-state index is 12.4. The fourth-order valence-corrected chi connectivity index (χ4v) is 4.11. The maximum absolute atomic E-state index is 12.4. The summed E-state index contributed by atoms with van der Waals surface area (Å²) in [5.74, 6) is -0.646. The third-order valence-corrected chi connectivity index (χ3v) is 5.97. The van der Waals surface area contributed by atoms with Crippen molar-refractivity contribution in [2.45, 2.75) is 59.7 Å². The van der Waals surface area contributed by atoms with Crippen LogP contribution in [0.25, 0.3) is 0 Å². The van der Waals surface area contributed by atoms with Crippen molar-refractivity contribution in [3.8, 4) is 0 Å². The SMILES string of the molecule is C/N=C/C1(C)CCN(c2c(Br)c(C)nc(C)c2[C@H](O)C(=O)OC(C)C)CC1. The van der Waals surface area contributed by atoms with Crippen LogP contribution in [-0.4, -0.2) is 48.5 Å². The van der Waals surface area contributed by atoms with Gasteiger partial charge in [0.2, 0.25) is 0 Å². The molecular weight excluding hydrogens is 410 g/mol. The number of aliphatic imine (C=N–C) groups is 1. The second-order valence-corrected chi connectivity index (χ2v) is 8.57. The molecule has 7 heteroatoms. The summed E-state index contributed by atoms with van der Waals surface area (Å²) in [5, 5.41) is 10.7. The number of aliphatic hydroxyl groups is 1. The molecule has 2 rings (SSSR count). The summed E-state index contributed by atoms with van der Waals surface area (Å²) >= 11 is 3.63. The van der Waals surface area contributed by atoms with E-state index >= 15 is 0 Å². The minimum Gasteiger partial charge on any atom is -0.461 e. The van der Waals surface area contributed by atoms with Gasteiger partial charge in [-0.1, -0.05) is 6.92 Å². The number of carbonyl (C=O) groups is 1. The first kappa shape index (κ1) is 21.8. The molecule has 1 aliphatic rings. The van der Waals surface area contributed by atoms with Crippen LogP contribution in [0, 0.1) is 19.3 Å². The molecule has 0 saturated carbocycles. The van der Waals surface area contributed by atoms with E-state index in [1.807, 2.05) is 20.1 Å². The van der Waals surface area contributed by atoms with E-state index in [0.717, 1.165) is 41.8 Å². The lowest BCUT2D eigenvalue weighted by Gasteiger charge is -2.40. The summed E-state index contributed by atoms with van der Waals surface area (Å²) in [5.41, 5.74) is 2.90. The fourth-order valence-electron chi connectivity index (χ4n) is 3.55. The standard InChI is InChI=1S/C20H30BrN3O3/c1-12(2)27-19(26)18(25)15-13(3)23-14(4)16(21)17(15)24-9-7-20(5,8-10-24)11-22-6/h11-12,18,25H,7-10H2,1-6H3/b22-11+/t18-/m0/s1. The van der Waals surface area contributed by atoms with Crippen molar-refractivity contribution in [1.29, 1.82) is 0 Å². The second kappa shape index (κ2) is 8.69. The Kier molecular flexibility index (Phi) is 7.03. The Morgan fingerprint density at radius 1 is 1.33 bits per heavy atom. The highest BCUT2D eigenvalue weighted by Crippen LogP contribution is 2.41. The van der Waals surface area contributed by atoms with Crippen LogP contribution in [0.3, 0.4) is 0 Å². The summed E-state index contributed by atoms with van der Waals surface area (Å²) in [4.78, 5) is 23.3. The molecule has 27 heavy (non-hydrogen) atoms. The number of piperidine rings is 1. The molecule has 1 atom stereocenters. The first-order valence-corrected chi connectivity index (χ1v) is 10.1. The Bertz CT molecular complexity index is 726. The predicted molar refractivity (Wildman–Crippen MR) is 112 cm³/mol. The number of rotatable bonds is 5. The Balaban J connectivity index is 2.42. The lowest BCUT2D eigenvalue weighted by molar-refractivity contribution is -0.157. The number of hydrogen-bond acceptors (Lipinski definition) is 6. The van der Waals surface area contributed by atoms with Crippen LogP contribution in [0.4, 0.5) is 5.69 Å². The Morgan fingerprint density at radius 2 is 1.93 bits per heavy atom. The lowest BCUT2D eigenvalue weighted by atomic mass is 9.81. The Morgan fingerprint density at radius 3 is 2.44 bits per heavy atom. The summed E-state index contributed by atoms with van der Waals surface area (Å²) in [6.45, 7) is 11.1. The van der Waals surface area contributed by atoms with E-state index in [2.05, 4.69) is 37.7 Å². The maximum Gasteiger partial charge on any atom is 0.340 e. The summed E-state index contributed by atoms with van der Waals surface area (Å²) in [6, 6.07) is 0. The number of aryl methyl sites for hydroxylation is 2. The number of esters is 1. The zero-order chi connectivity index (χ0) is 20.4. The Hall–Kier alpha value is -1.47. The number of pyridine rings is 1. The molecule has 6 nitrogen and oxygen atoms in total. The number of hydrogen-bond donors (Lipinski definition) is 1. The first-order valence-electron chi connectivity index (χ1n) is 9.33. The molecule has 1 N–H and O–H groups in total. The summed E-state index contributed by atoms with van der Waals surface area (Å²) in [6.07, 6.45) is 2.27. The summed E-state index contributed by atoms with van der Waals surface area (Å²) in [7, 11) is 1.80. The molecule has 0 unspecified atom stereocenters. The Labute approximate surface area is 170 Å². The van der Waals surface area contributed by atoms with Gasteiger partial charge in [0.15, 0.2) is 6.10 Å². The van der Waals surface area contributed by atoms with Crippen molar-refractivity contribution < 1.29 is 14.6 Å². The van der Waals surface area contributed by atoms with E-state index in [4.69, 9.17) is 4.74 Å². The van der Waals surface area contributed by atoms with E-state index in [0.29, 0.717) is 11.3 Å². The number of carbonyl (C=O) groups excluding carboxylic acids is 1. The number of halogens is 1. The van der Waals surface area contributed by atoms with Gasteiger partial charge in [-0.3, -0.25) is 4.98 Å². The number of ether oxygens (including phenoxy) is 1. The number of aliphatic hydroxyl groups excluding tert-OH is 1. The topological polar surface area (TPSA) is 75.0 Å². The van der Waals surface area contributed by atoms with Crippen molar-refractivity contribution in [2.24, 2.45) is 10.4 Å². The van der Waals surface area contributed by atoms with E-state index in [1.54, 1.807) is 20.9 Å². The summed E-state index contributed by atoms with van der Waals surface area (Å²) < 4.78 is 6.04. The predicted octanol–water partition coefficient (Wildman–Crippen LogP) is 3.75. The molecule has 0 amide bonds. The van der Waals surface area contributed by atoms with Gasteiger partial charge in [0.05, 0.1) is 22.0 Å². The molecule has 1 aromatic rings. The average molecular weight is 440 g/mol. The van der Waals surface area contributed by atoms with Crippen LogP contribution < -0.4 is 4.90 Å². The third-order valence-electron chi connectivity index (χ3n) is 5.02. The quantitative estimate of drug-likeness (QED) is 0.558. The van der Waals surface area contributed by atoms with Gasteiger partial charge >= 0.3 is 5.97 Å². The van der Waals surface area contributed by atoms with Crippen LogP contribution in [0.5, 0.6) is 0 Å². The van der Waals surface area contributed by atoms with Crippen molar-refractivity contribution in [1.82, 2.24) is 4.98 Å². The van der Waals surface area contributed by atoms with Gasteiger partial charge < -0.3 is 19.7 Å². The molecule has 0 aromatic carbocycles. The van der Waals surface area contributed by atoms with Gasteiger partial charge in [0, 0.05) is 43.0 Å². The van der Waals surface area contributed by atoms with Gasteiger partial charge in [-0.2, -0.15) is 0 Å². The molecule has 1 saturated heterocycles. The molecule has 0 bridgehead atoms. The third kappa shape index (κ3) is 4.88. The van der Waals surface area contributed by atoms with Crippen LogP contribution in [0.2, 0.25) is 0 Å². The molecule has 0 spiro atoms. The van der Waals surface area contributed by atoms with Gasteiger partial charge in [0.1, 0.15) is 0 Å². The molecule has 0 aliphatic carbocycles. The zero-order valence-electron chi connectivity index (χ0n) is 17.0. The number of nitrogens with zero attached hydrogens (tertiary/aromatic N) is 3. The van der Waals surface area contributed by atoms with Crippen LogP contribution in [0.1, 0.15) is 56.7 Å². The zero-order valence-corrected chi connectivity index (χ0v) is 18.6. The van der Waals surface area contributed by atoms with Crippen molar-refractivity contribution >= 4 is 33.8 Å². The van der Waals surface area contributed by atoms with Gasteiger partial charge in [-0.05, 0) is 56.5 Å². The monoisotopic (exact) mass is 439 g/mol. The number of anilines is 1. The largest absolute Gasteiger partial charge is 0.461 e. The highest BCUT2D eigenvalue weighted by molar-refractivity contribution is 9.10. The average Bonchev–Trinajstić information content (AvgIpc) is 2.58. The minimum atomic E-state index is -1.36. The lowest BCUT2D eigenvalue weighted by Crippen LogP contribution is -2.40. The molecule has 0 radical (unpaired) electrons. The van der Waals surface area contributed by atoms with Crippen molar-refractivity contribution in [3.63, 3.8) is 0 Å². The van der Waals surface area contributed by atoms with Crippen LogP contribution in [-0.2, 0) is 9.53 Å². The van der Waals surface area contributed by atoms with Crippen molar-refractivity contribution in [3.05, 3.63) is 21.4 Å². The second-order valence-electron chi connectivity index (χ2n) is 7.78. The van der Waals surface area contributed by atoms with Crippen LogP contribution >= 0.6 is 15.9 Å². The minimum absolute atomic E-state index is 0.0736. The fraction of sp³-hybridized carbons (Fsp3) is 0.650. The molecule has 1 fully saturated rings. The van der Waals surface area contributed by atoms with Gasteiger partial charge in [0.25, 0.3) is 0 Å². The first-order chi connectivity index (χ1) is 12.6. The smallest absolute Gasteiger partial charge is 0.340 e. The molecule has 1 aromatic heterocycles. The molecule has 1 aliphatic heterocycles. The van der Waals surface area contributed by atoms with Crippen molar-refractivity contribution in [2.75, 3.05) is 25.0 Å². The van der Waals surface area contributed by atoms with E-state index < -0.39 is 12.1 Å². The molecule has 150 valence electrons.